The zero-order chi connectivity index (χ0) is 29.7. The molecule has 222 valence electrons. The molecule has 4 unspecified atom stereocenters. The summed E-state index contributed by atoms with van der Waals surface area (Å²) in [5.41, 5.74) is 2.24. The van der Waals surface area contributed by atoms with Gasteiger partial charge in [-0.25, -0.2) is 0 Å². The smallest absolute Gasteiger partial charge is 0.387 e. The van der Waals surface area contributed by atoms with Gasteiger partial charge in [0, 0.05) is 10.8 Å². The van der Waals surface area contributed by atoms with Crippen LogP contribution in [0.25, 0.3) is 43.5 Å². The van der Waals surface area contributed by atoms with E-state index in [0.29, 0.717) is 24.1 Å². The van der Waals surface area contributed by atoms with Crippen molar-refractivity contribution in [2.45, 2.75) is 24.9 Å². The van der Waals surface area contributed by atoms with Crippen LogP contribution in [0.5, 0.6) is 0 Å². The second-order valence-electron chi connectivity index (χ2n) is 12.6. The van der Waals surface area contributed by atoms with E-state index in [4.69, 9.17) is 12.9 Å². The Labute approximate surface area is 265 Å². The Morgan fingerprint density at radius 2 is 1.09 bits per heavy atom. The maximum Gasteiger partial charge on any atom is 0.387 e. The van der Waals surface area contributed by atoms with E-state index >= 15 is 0 Å². The van der Waals surface area contributed by atoms with Crippen molar-refractivity contribution in [2.75, 3.05) is 6.61 Å². The van der Waals surface area contributed by atoms with Gasteiger partial charge in [-0.3, -0.25) is 4.52 Å². The maximum absolute atomic E-state index is 6.82. The van der Waals surface area contributed by atoms with E-state index in [2.05, 4.69) is 133 Å². The third-order valence-corrected chi connectivity index (χ3v) is 14.3. The first kappa shape index (κ1) is 27.4. The summed E-state index contributed by atoms with van der Waals surface area (Å²) in [5.74, 6) is 1.89. The van der Waals surface area contributed by atoms with Gasteiger partial charge >= 0.3 is 8.24 Å². The molecule has 0 aliphatic heterocycles. The quantitative estimate of drug-likeness (QED) is 0.173. The van der Waals surface area contributed by atoms with Crippen LogP contribution in [0.4, 0.5) is 0 Å². The van der Waals surface area contributed by atoms with Gasteiger partial charge in [0.1, 0.15) is 11.2 Å². The van der Waals surface area contributed by atoms with Crippen molar-refractivity contribution in [1.82, 2.24) is 0 Å². The highest BCUT2D eigenvalue weighted by atomic mass is 31.1. The number of fused-ring (bicyclic) bond motifs is 9. The number of benzene rings is 6. The summed E-state index contributed by atoms with van der Waals surface area (Å²) in [4.78, 5) is 0. The molecule has 4 atom stereocenters. The third kappa shape index (κ3) is 4.81. The average molecular weight is 625 g/mol. The largest absolute Gasteiger partial charge is 0.399 e. The zero-order valence-electron chi connectivity index (χ0n) is 25.0. The minimum Gasteiger partial charge on any atom is -0.399 e. The van der Waals surface area contributed by atoms with Gasteiger partial charge < -0.3 is 8.39 Å². The Morgan fingerprint density at radius 3 is 1.67 bits per heavy atom. The molecule has 0 spiro atoms. The molecule has 2 aliphatic rings. The standard InChI is InChI=1S/C40H34O3P2/c1-3-13-31(14-4-1)44(32-15-5-2-6-16-32)40-30-20-19-29(25-30)35(40)26-41-45-42-36-23-21-27-11-7-9-17-33(27)38(36)39-34-18-10-8-12-28(34)22-24-37(39)43-45/h1-18,21-24,29-30,35,40H,19-20,25-26H2. The molecule has 3 nitrogen and oxygen atoms in total. The van der Waals surface area contributed by atoms with Gasteiger partial charge in [0.25, 0.3) is 0 Å². The first-order valence-corrected chi connectivity index (χ1v) is 18.5. The second-order valence-corrected chi connectivity index (χ2v) is 16.0. The van der Waals surface area contributed by atoms with Gasteiger partial charge in [0.15, 0.2) is 0 Å². The van der Waals surface area contributed by atoms with Gasteiger partial charge in [0.05, 0.1) is 6.61 Å². The van der Waals surface area contributed by atoms with E-state index in [1.54, 1.807) is 0 Å². The lowest BCUT2D eigenvalue weighted by Gasteiger charge is -2.37. The molecule has 7 aromatic rings. The number of rotatable bonds is 6. The fourth-order valence-electron chi connectivity index (χ4n) is 8.24. The summed E-state index contributed by atoms with van der Waals surface area (Å²) in [6.45, 7) is 0.655. The van der Waals surface area contributed by atoms with Crippen LogP contribution in [0, 0.1) is 17.8 Å². The molecule has 0 radical (unpaired) electrons. The van der Waals surface area contributed by atoms with Crippen LogP contribution in [0.2, 0.25) is 0 Å². The molecule has 2 bridgehead atoms. The fourth-order valence-corrected chi connectivity index (χ4v) is 12.7. The maximum atomic E-state index is 6.82. The highest BCUT2D eigenvalue weighted by Crippen LogP contribution is 2.61. The lowest BCUT2D eigenvalue weighted by Crippen LogP contribution is -2.35. The Hall–Kier alpha value is -3.87. The Bertz CT molecular complexity index is 2060. The molecule has 1 heterocycles. The van der Waals surface area contributed by atoms with Crippen molar-refractivity contribution in [3.63, 3.8) is 0 Å². The second kappa shape index (κ2) is 11.5. The van der Waals surface area contributed by atoms with E-state index in [9.17, 15) is 0 Å². The molecule has 9 rings (SSSR count). The molecule has 2 aliphatic carbocycles. The van der Waals surface area contributed by atoms with Gasteiger partial charge in [-0.2, -0.15) is 0 Å². The third-order valence-electron chi connectivity index (χ3n) is 10.2. The highest BCUT2D eigenvalue weighted by molar-refractivity contribution is 7.73. The van der Waals surface area contributed by atoms with Crippen LogP contribution in [0.15, 0.2) is 142 Å². The van der Waals surface area contributed by atoms with Crippen molar-refractivity contribution in [3.05, 3.63) is 133 Å². The van der Waals surface area contributed by atoms with Crippen LogP contribution in [-0.4, -0.2) is 12.3 Å². The first-order valence-electron chi connectivity index (χ1n) is 16.0. The molecule has 45 heavy (non-hydrogen) atoms. The molecule has 6 aromatic carbocycles. The normalized spacial score (nSPS) is 21.0. The number of hydrogen-bond donors (Lipinski definition) is 0. The Morgan fingerprint density at radius 1 is 0.578 bits per heavy atom. The van der Waals surface area contributed by atoms with Crippen molar-refractivity contribution >= 4 is 70.3 Å². The first-order chi connectivity index (χ1) is 22.3. The topological polar surface area (TPSA) is 35.5 Å². The van der Waals surface area contributed by atoms with Crippen LogP contribution in [0.3, 0.4) is 0 Å². The average Bonchev–Trinajstić information content (AvgIpc) is 3.66. The monoisotopic (exact) mass is 624 g/mol. The van der Waals surface area contributed by atoms with Gasteiger partial charge in [-0.15, -0.1) is 0 Å². The van der Waals surface area contributed by atoms with E-state index in [0.717, 1.165) is 38.6 Å². The molecule has 0 N–H and O–H groups in total. The fraction of sp³-hybridized carbons (Fsp3) is 0.200. The lowest BCUT2D eigenvalue weighted by molar-refractivity contribution is 0.233. The van der Waals surface area contributed by atoms with Gasteiger partial charge in [-0.1, -0.05) is 121 Å². The minimum atomic E-state index is -1.65. The van der Waals surface area contributed by atoms with Crippen molar-refractivity contribution in [1.29, 1.82) is 0 Å². The molecule has 1 aromatic heterocycles. The summed E-state index contributed by atoms with van der Waals surface area (Å²) >= 11 is 0. The molecule has 2 fully saturated rings. The zero-order valence-corrected chi connectivity index (χ0v) is 26.7. The Balaban J connectivity index is 1.16. The van der Waals surface area contributed by atoms with E-state index in [1.165, 1.54) is 40.6 Å². The molecule has 0 amide bonds. The predicted molar refractivity (Wildman–Crippen MR) is 190 cm³/mol. The van der Waals surface area contributed by atoms with Crippen LogP contribution in [0.1, 0.15) is 19.3 Å². The number of hydrogen-bond acceptors (Lipinski definition) is 3. The highest BCUT2D eigenvalue weighted by Gasteiger charge is 2.51. The predicted octanol–water partition coefficient (Wildman–Crippen LogP) is 10.6. The molecule has 0 saturated heterocycles. The van der Waals surface area contributed by atoms with E-state index < -0.39 is 16.2 Å². The summed E-state index contributed by atoms with van der Waals surface area (Å²) < 4.78 is 20.3. The summed E-state index contributed by atoms with van der Waals surface area (Å²) in [6, 6.07) is 48.0. The summed E-state index contributed by atoms with van der Waals surface area (Å²) in [7, 11) is -2.17. The van der Waals surface area contributed by atoms with Crippen LogP contribution < -0.4 is 15.1 Å². The van der Waals surface area contributed by atoms with Gasteiger partial charge in [-0.05, 0) is 94.9 Å². The van der Waals surface area contributed by atoms with E-state index in [-0.39, 0.29) is 0 Å². The van der Waals surface area contributed by atoms with Crippen LogP contribution in [-0.2, 0) is 0 Å². The SMILES string of the molecule is c1ccc(P(c2ccccc2)C2C3CCC(C3)C2COp2oc3ccc4ccccc4c3c3c(ccc4ccccc43)o2)cc1. The Kier molecular flexibility index (Phi) is 7.01. The lowest BCUT2D eigenvalue weighted by atomic mass is 9.89. The van der Waals surface area contributed by atoms with Crippen molar-refractivity contribution < 1.29 is 12.9 Å². The molecule has 2 saturated carbocycles. The summed E-state index contributed by atoms with van der Waals surface area (Å²) in [5, 5.41) is 9.81. The molecular formula is C40H34O3P2. The van der Waals surface area contributed by atoms with Crippen molar-refractivity contribution in [2.24, 2.45) is 17.8 Å². The van der Waals surface area contributed by atoms with Crippen molar-refractivity contribution in [3.8, 4) is 0 Å². The minimum absolute atomic E-state index is 0.473. The van der Waals surface area contributed by atoms with Crippen LogP contribution >= 0.6 is 16.2 Å². The van der Waals surface area contributed by atoms with Gasteiger partial charge in [0.2, 0.25) is 0 Å². The molecule has 5 heteroatoms. The van der Waals surface area contributed by atoms with E-state index in [1.807, 2.05) is 0 Å². The molecular weight excluding hydrogens is 590 g/mol. The summed E-state index contributed by atoms with van der Waals surface area (Å²) in [6.07, 6.45) is 3.93.